The summed E-state index contributed by atoms with van der Waals surface area (Å²) in [5.74, 6) is -1.62. The van der Waals surface area contributed by atoms with E-state index in [4.69, 9.17) is 15.9 Å². The van der Waals surface area contributed by atoms with Crippen molar-refractivity contribution in [2.75, 3.05) is 13.2 Å². The first kappa shape index (κ1) is 19.6. The Balaban J connectivity index is 0.000000547. The van der Waals surface area contributed by atoms with Crippen LogP contribution in [0.25, 0.3) is 0 Å². The van der Waals surface area contributed by atoms with Gasteiger partial charge in [0, 0.05) is 5.57 Å². The first-order valence-corrected chi connectivity index (χ1v) is 7.46. The van der Waals surface area contributed by atoms with E-state index in [1.165, 1.54) is 0 Å². The number of carboxylic acid groups (broad SMARTS) is 2. The maximum atomic E-state index is 11.1. The van der Waals surface area contributed by atoms with E-state index in [1.807, 2.05) is 0 Å². The molecule has 0 aromatic rings. The largest absolute Gasteiger partial charge is 0.479 e. The molecule has 1 heterocycles. The Kier molecular flexibility index (Phi) is 10.5. The van der Waals surface area contributed by atoms with Crippen molar-refractivity contribution in [2.45, 2.75) is 58.5 Å². The lowest BCUT2D eigenvalue weighted by atomic mass is 9.96. The first-order valence-electron chi connectivity index (χ1n) is 7.46. The van der Waals surface area contributed by atoms with Crippen molar-refractivity contribution >= 4 is 11.9 Å². The number of aliphatic carboxylic acids is 2. The fourth-order valence-corrected chi connectivity index (χ4v) is 1.88. The Hall–Kier alpha value is -1.40. The lowest BCUT2D eigenvalue weighted by Gasteiger charge is -2.10. The van der Waals surface area contributed by atoms with Gasteiger partial charge in [-0.1, -0.05) is 32.3 Å². The quantitative estimate of drug-likeness (QED) is 0.444. The molecule has 1 aliphatic heterocycles. The van der Waals surface area contributed by atoms with Gasteiger partial charge in [0.1, 0.15) is 0 Å². The van der Waals surface area contributed by atoms with Crippen LogP contribution in [-0.4, -0.2) is 41.4 Å². The minimum Gasteiger partial charge on any atom is -0.479 e. The molecule has 1 unspecified atom stereocenters. The summed E-state index contributed by atoms with van der Waals surface area (Å²) >= 11 is 0. The molecule has 1 aliphatic rings. The van der Waals surface area contributed by atoms with E-state index in [0.29, 0.717) is 25.1 Å². The topological polar surface area (TPSA) is 113 Å². The third-order valence-corrected chi connectivity index (χ3v) is 3.07. The van der Waals surface area contributed by atoms with E-state index >= 15 is 0 Å². The van der Waals surface area contributed by atoms with Gasteiger partial charge in [-0.25, -0.2) is 9.59 Å². The van der Waals surface area contributed by atoms with Crippen molar-refractivity contribution in [3.8, 4) is 0 Å². The predicted octanol–water partition coefficient (Wildman–Crippen LogP) is 2.18. The van der Waals surface area contributed by atoms with Crippen LogP contribution in [0.1, 0.15) is 52.4 Å². The Morgan fingerprint density at radius 3 is 2.05 bits per heavy atom. The van der Waals surface area contributed by atoms with Gasteiger partial charge >= 0.3 is 11.9 Å². The molecular formula is C15H27NO5. The number of rotatable bonds is 9. The molecule has 0 bridgehead atoms. The summed E-state index contributed by atoms with van der Waals surface area (Å²) < 4.78 is 4.37. The van der Waals surface area contributed by atoms with Crippen molar-refractivity contribution < 1.29 is 24.5 Å². The normalized spacial score (nSPS) is 17.4. The van der Waals surface area contributed by atoms with Gasteiger partial charge in [0.25, 0.3) is 0 Å². The zero-order valence-electron chi connectivity index (χ0n) is 12.9. The number of epoxide rings is 1. The SMILES string of the molecule is CCCCC(C(=O)O)=C(CCC)CCN.O=C(O)C1CO1. The van der Waals surface area contributed by atoms with Gasteiger partial charge in [0.2, 0.25) is 0 Å². The van der Waals surface area contributed by atoms with E-state index in [-0.39, 0.29) is 0 Å². The van der Waals surface area contributed by atoms with E-state index in [1.54, 1.807) is 0 Å². The van der Waals surface area contributed by atoms with Crippen LogP contribution in [0, 0.1) is 0 Å². The molecule has 122 valence electrons. The molecule has 0 saturated carbocycles. The number of hydrogen-bond acceptors (Lipinski definition) is 4. The molecule has 6 nitrogen and oxygen atoms in total. The van der Waals surface area contributed by atoms with Crippen LogP contribution in [0.2, 0.25) is 0 Å². The second-order valence-corrected chi connectivity index (χ2v) is 4.94. The summed E-state index contributed by atoms with van der Waals surface area (Å²) in [7, 11) is 0. The maximum Gasteiger partial charge on any atom is 0.335 e. The fourth-order valence-electron chi connectivity index (χ4n) is 1.88. The molecule has 21 heavy (non-hydrogen) atoms. The van der Waals surface area contributed by atoms with Crippen LogP contribution in [0.15, 0.2) is 11.1 Å². The second-order valence-electron chi connectivity index (χ2n) is 4.94. The fraction of sp³-hybridized carbons (Fsp3) is 0.733. The Labute approximate surface area is 126 Å². The van der Waals surface area contributed by atoms with Gasteiger partial charge in [-0.3, -0.25) is 0 Å². The van der Waals surface area contributed by atoms with E-state index < -0.39 is 18.0 Å². The summed E-state index contributed by atoms with van der Waals surface area (Å²) in [5.41, 5.74) is 7.14. The summed E-state index contributed by atoms with van der Waals surface area (Å²) in [6.45, 7) is 5.07. The summed E-state index contributed by atoms with van der Waals surface area (Å²) in [6.07, 6.45) is 4.74. The van der Waals surface area contributed by atoms with E-state index in [2.05, 4.69) is 18.6 Å². The number of carboxylic acids is 2. The first-order chi connectivity index (χ1) is 9.97. The molecule has 1 atom stereocenters. The van der Waals surface area contributed by atoms with Crippen LogP contribution in [0.3, 0.4) is 0 Å². The number of ether oxygens (including phenoxy) is 1. The Morgan fingerprint density at radius 2 is 1.76 bits per heavy atom. The summed E-state index contributed by atoms with van der Waals surface area (Å²) in [6, 6.07) is 0. The standard InChI is InChI=1S/C12H23NO2.C3H4O3/c1-3-5-7-11(12(14)15)10(6-4-2)8-9-13;4-3(5)2-1-6-2/h3-9,13H2,1-2H3,(H,14,15);2H,1H2,(H,4,5). The Morgan fingerprint density at radius 1 is 1.14 bits per heavy atom. The minimum atomic E-state index is -0.852. The molecule has 0 aliphatic carbocycles. The van der Waals surface area contributed by atoms with Crippen molar-refractivity contribution in [1.82, 2.24) is 0 Å². The van der Waals surface area contributed by atoms with Gasteiger partial charge in [0.15, 0.2) is 6.10 Å². The average molecular weight is 301 g/mol. The highest BCUT2D eigenvalue weighted by Gasteiger charge is 2.30. The molecule has 1 fully saturated rings. The van der Waals surface area contributed by atoms with Crippen LogP contribution < -0.4 is 5.73 Å². The minimum absolute atomic E-state index is 0.398. The molecule has 6 heteroatoms. The summed E-state index contributed by atoms with van der Waals surface area (Å²) in [5, 5.41) is 17.1. The maximum absolute atomic E-state index is 11.1. The number of hydrogen-bond donors (Lipinski definition) is 3. The molecule has 0 aromatic carbocycles. The van der Waals surface area contributed by atoms with E-state index in [0.717, 1.165) is 37.7 Å². The third kappa shape index (κ3) is 9.20. The van der Waals surface area contributed by atoms with Crippen molar-refractivity contribution in [2.24, 2.45) is 5.73 Å². The highest BCUT2D eigenvalue weighted by atomic mass is 16.6. The number of unbranched alkanes of at least 4 members (excludes halogenated alkanes) is 1. The molecule has 0 amide bonds. The molecular weight excluding hydrogens is 274 g/mol. The van der Waals surface area contributed by atoms with Crippen LogP contribution in [0.5, 0.6) is 0 Å². The average Bonchev–Trinajstić information content (AvgIpc) is 3.24. The molecule has 1 saturated heterocycles. The zero-order valence-corrected chi connectivity index (χ0v) is 12.9. The molecule has 0 aromatic heterocycles. The third-order valence-electron chi connectivity index (χ3n) is 3.07. The van der Waals surface area contributed by atoms with Gasteiger partial charge in [-0.05, 0) is 32.2 Å². The van der Waals surface area contributed by atoms with Gasteiger partial charge in [0.05, 0.1) is 6.61 Å². The summed E-state index contributed by atoms with van der Waals surface area (Å²) in [4.78, 5) is 20.7. The molecule has 0 spiro atoms. The monoisotopic (exact) mass is 301 g/mol. The van der Waals surface area contributed by atoms with Crippen LogP contribution in [0.4, 0.5) is 0 Å². The highest BCUT2D eigenvalue weighted by molar-refractivity contribution is 5.87. The van der Waals surface area contributed by atoms with E-state index in [9.17, 15) is 9.59 Å². The van der Waals surface area contributed by atoms with Crippen molar-refractivity contribution in [3.05, 3.63) is 11.1 Å². The highest BCUT2D eigenvalue weighted by Crippen LogP contribution is 2.20. The van der Waals surface area contributed by atoms with Crippen LogP contribution >= 0.6 is 0 Å². The van der Waals surface area contributed by atoms with Crippen molar-refractivity contribution in [1.29, 1.82) is 0 Å². The molecule has 1 rings (SSSR count). The van der Waals surface area contributed by atoms with Gasteiger partial charge in [-0.2, -0.15) is 0 Å². The molecule has 0 radical (unpaired) electrons. The number of nitrogens with two attached hydrogens (primary N) is 1. The van der Waals surface area contributed by atoms with Crippen LogP contribution in [-0.2, 0) is 14.3 Å². The number of carbonyl (C=O) groups is 2. The predicted molar refractivity (Wildman–Crippen MR) is 80.1 cm³/mol. The molecule has 4 N–H and O–H groups in total. The van der Waals surface area contributed by atoms with Gasteiger partial charge < -0.3 is 20.7 Å². The Bertz CT molecular complexity index is 353. The zero-order chi connectivity index (χ0) is 16.3. The lowest BCUT2D eigenvalue weighted by Crippen LogP contribution is -2.09. The van der Waals surface area contributed by atoms with Crippen molar-refractivity contribution in [3.63, 3.8) is 0 Å². The van der Waals surface area contributed by atoms with Gasteiger partial charge in [-0.15, -0.1) is 0 Å². The second kappa shape index (κ2) is 11.3. The smallest absolute Gasteiger partial charge is 0.335 e. The lowest BCUT2D eigenvalue weighted by molar-refractivity contribution is -0.138.